The number of hydrogen-bond acceptors (Lipinski definition) is 4. The molecule has 1 aromatic heterocycles. The van der Waals surface area contributed by atoms with Gasteiger partial charge < -0.3 is 10.2 Å². The van der Waals surface area contributed by atoms with E-state index in [0.29, 0.717) is 18.2 Å². The van der Waals surface area contributed by atoms with Crippen LogP contribution in [-0.4, -0.2) is 29.5 Å². The van der Waals surface area contributed by atoms with Crippen LogP contribution in [0.25, 0.3) is 0 Å². The molecule has 5 nitrogen and oxygen atoms in total. The Morgan fingerprint density at radius 2 is 2.00 bits per heavy atom. The van der Waals surface area contributed by atoms with E-state index in [1.54, 1.807) is 12.3 Å². The highest BCUT2D eigenvalue weighted by atomic mass is 16.1. The van der Waals surface area contributed by atoms with Crippen molar-refractivity contribution in [1.82, 2.24) is 15.3 Å². The first-order valence-electron chi connectivity index (χ1n) is 7.12. The Bertz CT molecular complexity index is 586. The molecule has 0 atom stereocenters. The summed E-state index contributed by atoms with van der Waals surface area (Å²) >= 11 is 0. The fourth-order valence-corrected chi connectivity index (χ4v) is 1.87. The minimum absolute atomic E-state index is 0.159. The maximum Gasteiger partial charge on any atom is 0.270 e. The van der Waals surface area contributed by atoms with Crippen molar-refractivity contribution >= 4 is 17.5 Å². The van der Waals surface area contributed by atoms with Gasteiger partial charge in [-0.25, -0.2) is 9.97 Å². The number of carbonyl (C=O) groups is 1. The third-order valence-corrected chi connectivity index (χ3v) is 3.13. The minimum atomic E-state index is -0.159. The highest BCUT2D eigenvalue weighted by Gasteiger charge is 2.11. The first-order chi connectivity index (χ1) is 10.2. The second kappa shape index (κ2) is 7.38. The summed E-state index contributed by atoms with van der Waals surface area (Å²) in [5.41, 5.74) is 1.36. The molecule has 0 unspecified atom stereocenters. The average Bonchev–Trinajstić information content (AvgIpc) is 2.55. The lowest BCUT2D eigenvalue weighted by Crippen LogP contribution is -2.26. The molecule has 0 spiro atoms. The first-order valence-corrected chi connectivity index (χ1v) is 7.12. The molecule has 0 aliphatic rings. The lowest BCUT2D eigenvalue weighted by molar-refractivity contribution is 0.0948. The van der Waals surface area contributed by atoms with Crippen molar-refractivity contribution in [1.29, 1.82) is 0 Å². The maximum atomic E-state index is 12.0. The second-order valence-corrected chi connectivity index (χ2v) is 4.75. The van der Waals surface area contributed by atoms with Gasteiger partial charge in [-0.2, -0.15) is 0 Å². The van der Waals surface area contributed by atoms with Crippen molar-refractivity contribution in [2.24, 2.45) is 0 Å². The fraction of sp³-hybridized carbons (Fsp3) is 0.312. The third-order valence-electron chi connectivity index (χ3n) is 3.13. The van der Waals surface area contributed by atoms with Gasteiger partial charge in [0.2, 0.25) is 5.95 Å². The maximum absolute atomic E-state index is 12.0. The Morgan fingerprint density at radius 1 is 1.24 bits per heavy atom. The van der Waals surface area contributed by atoms with Crippen LogP contribution in [0, 0.1) is 0 Å². The number of nitrogens with zero attached hydrogens (tertiary/aromatic N) is 3. The standard InChI is InChI=1S/C16H20N4O/c1-3-4-11-17-15(21)14-10-12-18-16(19-14)20(2)13-8-6-5-7-9-13/h5-10,12H,3-4,11H2,1-2H3,(H,17,21). The Labute approximate surface area is 125 Å². The molecule has 0 aliphatic heterocycles. The van der Waals surface area contributed by atoms with Gasteiger partial charge in [0, 0.05) is 25.5 Å². The highest BCUT2D eigenvalue weighted by molar-refractivity contribution is 5.92. The predicted molar refractivity (Wildman–Crippen MR) is 83.8 cm³/mol. The molecule has 0 saturated heterocycles. The molecule has 2 aromatic rings. The van der Waals surface area contributed by atoms with Crippen molar-refractivity contribution in [3.05, 3.63) is 48.3 Å². The van der Waals surface area contributed by atoms with E-state index in [-0.39, 0.29) is 5.91 Å². The molecule has 1 N–H and O–H groups in total. The van der Waals surface area contributed by atoms with Crippen molar-refractivity contribution < 1.29 is 4.79 Å². The summed E-state index contributed by atoms with van der Waals surface area (Å²) in [4.78, 5) is 22.4. The summed E-state index contributed by atoms with van der Waals surface area (Å²) in [5, 5.41) is 2.86. The number of anilines is 2. The van der Waals surface area contributed by atoms with E-state index in [2.05, 4.69) is 22.2 Å². The number of amides is 1. The van der Waals surface area contributed by atoms with Crippen LogP contribution in [0.5, 0.6) is 0 Å². The normalized spacial score (nSPS) is 10.2. The predicted octanol–water partition coefficient (Wildman–Crippen LogP) is 2.77. The molecule has 5 heteroatoms. The van der Waals surface area contributed by atoms with Gasteiger partial charge in [0.1, 0.15) is 5.69 Å². The number of carbonyl (C=O) groups excluding carboxylic acids is 1. The zero-order chi connectivity index (χ0) is 15.1. The van der Waals surface area contributed by atoms with Gasteiger partial charge in [0.05, 0.1) is 0 Å². The van der Waals surface area contributed by atoms with Crippen LogP contribution in [0.15, 0.2) is 42.6 Å². The van der Waals surface area contributed by atoms with Gasteiger partial charge >= 0.3 is 0 Å². The van der Waals surface area contributed by atoms with Gasteiger partial charge in [0.25, 0.3) is 5.91 Å². The van der Waals surface area contributed by atoms with Gasteiger partial charge in [-0.1, -0.05) is 31.5 Å². The number of rotatable bonds is 6. The molecular formula is C16H20N4O. The Morgan fingerprint density at radius 3 is 2.71 bits per heavy atom. The van der Waals surface area contributed by atoms with E-state index in [1.165, 1.54) is 0 Å². The number of unbranched alkanes of at least 4 members (excludes halogenated alkanes) is 1. The molecule has 0 radical (unpaired) electrons. The van der Waals surface area contributed by atoms with E-state index in [9.17, 15) is 4.79 Å². The van der Waals surface area contributed by atoms with Crippen LogP contribution in [-0.2, 0) is 0 Å². The van der Waals surface area contributed by atoms with Gasteiger partial charge in [-0.05, 0) is 24.6 Å². The molecule has 0 bridgehead atoms. The van der Waals surface area contributed by atoms with Crippen LogP contribution in [0.4, 0.5) is 11.6 Å². The zero-order valence-electron chi connectivity index (χ0n) is 12.4. The van der Waals surface area contributed by atoms with E-state index in [4.69, 9.17) is 0 Å². The van der Waals surface area contributed by atoms with Crippen LogP contribution in [0.3, 0.4) is 0 Å². The lowest BCUT2D eigenvalue weighted by atomic mass is 10.3. The summed E-state index contributed by atoms with van der Waals surface area (Å²) in [6.45, 7) is 2.76. The number of para-hydroxylation sites is 1. The van der Waals surface area contributed by atoms with Gasteiger partial charge in [-0.15, -0.1) is 0 Å². The van der Waals surface area contributed by atoms with Gasteiger partial charge in [0.15, 0.2) is 0 Å². The van der Waals surface area contributed by atoms with Crippen molar-refractivity contribution in [3.8, 4) is 0 Å². The molecule has 21 heavy (non-hydrogen) atoms. The Hall–Kier alpha value is -2.43. The van der Waals surface area contributed by atoms with E-state index in [0.717, 1.165) is 18.5 Å². The molecular weight excluding hydrogens is 264 g/mol. The smallest absolute Gasteiger partial charge is 0.270 e. The molecule has 2 rings (SSSR count). The van der Waals surface area contributed by atoms with Crippen LogP contribution in [0.1, 0.15) is 30.3 Å². The molecule has 1 aromatic carbocycles. The quantitative estimate of drug-likeness (QED) is 0.829. The van der Waals surface area contributed by atoms with E-state index >= 15 is 0 Å². The van der Waals surface area contributed by atoms with Crippen LogP contribution in [0.2, 0.25) is 0 Å². The Balaban J connectivity index is 2.12. The molecule has 1 heterocycles. The molecule has 0 fully saturated rings. The summed E-state index contributed by atoms with van der Waals surface area (Å²) in [6, 6.07) is 11.4. The number of hydrogen-bond donors (Lipinski definition) is 1. The van der Waals surface area contributed by atoms with Crippen molar-refractivity contribution in [2.75, 3.05) is 18.5 Å². The second-order valence-electron chi connectivity index (χ2n) is 4.75. The third kappa shape index (κ3) is 4.02. The van der Waals surface area contributed by atoms with Crippen LogP contribution < -0.4 is 10.2 Å². The molecule has 1 amide bonds. The number of nitrogens with one attached hydrogen (secondary N) is 1. The first kappa shape index (κ1) is 15.0. The zero-order valence-corrected chi connectivity index (χ0v) is 12.4. The van der Waals surface area contributed by atoms with E-state index < -0.39 is 0 Å². The summed E-state index contributed by atoms with van der Waals surface area (Å²) < 4.78 is 0. The summed E-state index contributed by atoms with van der Waals surface area (Å²) in [7, 11) is 1.88. The summed E-state index contributed by atoms with van der Waals surface area (Å²) in [5.74, 6) is 0.345. The van der Waals surface area contributed by atoms with Crippen molar-refractivity contribution in [2.45, 2.75) is 19.8 Å². The van der Waals surface area contributed by atoms with Gasteiger partial charge in [-0.3, -0.25) is 4.79 Å². The topological polar surface area (TPSA) is 58.1 Å². The highest BCUT2D eigenvalue weighted by Crippen LogP contribution is 2.18. The van der Waals surface area contributed by atoms with Crippen LogP contribution >= 0.6 is 0 Å². The molecule has 0 aliphatic carbocycles. The molecule has 110 valence electrons. The average molecular weight is 284 g/mol. The molecule has 0 saturated carbocycles. The SMILES string of the molecule is CCCCNC(=O)c1ccnc(N(C)c2ccccc2)n1. The minimum Gasteiger partial charge on any atom is -0.351 e. The monoisotopic (exact) mass is 284 g/mol. The lowest BCUT2D eigenvalue weighted by Gasteiger charge is -2.17. The summed E-state index contributed by atoms with van der Waals surface area (Å²) in [6.07, 6.45) is 3.62. The Kier molecular flexibility index (Phi) is 5.26. The van der Waals surface area contributed by atoms with E-state index in [1.807, 2.05) is 42.3 Å². The number of benzene rings is 1. The fourth-order valence-electron chi connectivity index (χ4n) is 1.87. The largest absolute Gasteiger partial charge is 0.351 e. The van der Waals surface area contributed by atoms with Crippen molar-refractivity contribution in [3.63, 3.8) is 0 Å². The number of aromatic nitrogens is 2.